The van der Waals surface area contributed by atoms with Crippen LogP contribution in [0.3, 0.4) is 0 Å². The van der Waals surface area contributed by atoms with Crippen molar-refractivity contribution in [2.24, 2.45) is 0 Å². The van der Waals surface area contributed by atoms with E-state index in [1.807, 2.05) is 6.07 Å². The third-order valence-electron chi connectivity index (χ3n) is 2.03. The van der Waals surface area contributed by atoms with E-state index in [9.17, 15) is 4.79 Å². The summed E-state index contributed by atoms with van der Waals surface area (Å²) in [4.78, 5) is 10.4. The Bertz CT molecular complexity index is 504. The van der Waals surface area contributed by atoms with Crippen molar-refractivity contribution in [2.75, 3.05) is 11.9 Å². The molecule has 0 heterocycles. The van der Waals surface area contributed by atoms with Crippen molar-refractivity contribution in [2.45, 2.75) is 6.92 Å². The maximum Gasteiger partial charge on any atom is 0.328 e. The molecule has 0 aliphatic rings. The number of anilines is 1. The summed E-state index contributed by atoms with van der Waals surface area (Å²) in [5, 5.41) is 20.6. The van der Waals surface area contributed by atoms with Crippen LogP contribution in [0.2, 0.25) is 5.02 Å². The third-order valence-corrected chi connectivity index (χ3v) is 2.34. The van der Waals surface area contributed by atoms with E-state index in [0.717, 1.165) is 6.08 Å². The molecule has 88 valence electrons. The Morgan fingerprint density at radius 1 is 1.65 bits per heavy atom. The first-order chi connectivity index (χ1) is 8.02. The third kappa shape index (κ3) is 4.17. The number of hydrogen-bond donors (Lipinski definition) is 2. The number of nitrogens with zero attached hydrogens (tertiary/aromatic N) is 1. The average molecular weight is 251 g/mol. The highest BCUT2D eigenvalue weighted by Gasteiger charge is 2.02. The van der Waals surface area contributed by atoms with Gasteiger partial charge in [-0.05, 0) is 30.7 Å². The van der Waals surface area contributed by atoms with E-state index in [2.05, 4.69) is 5.32 Å². The topological polar surface area (TPSA) is 73.1 Å². The number of rotatable bonds is 4. The predicted molar refractivity (Wildman–Crippen MR) is 66.0 cm³/mol. The maximum absolute atomic E-state index is 10.4. The molecule has 1 aromatic rings. The highest BCUT2D eigenvalue weighted by atomic mass is 35.5. The second kappa shape index (κ2) is 5.92. The maximum atomic E-state index is 10.4. The van der Waals surface area contributed by atoms with Gasteiger partial charge >= 0.3 is 5.97 Å². The number of hydrogen-bond acceptors (Lipinski definition) is 3. The van der Waals surface area contributed by atoms with Gasteiger partial charge in [0.05, 0.1) is 22.3 Å². The summed E-state index contributed by atoms with van der Waals surface area (Å²) >= 11 is 5.95. The number of carboxylic acid groups (broad SMARTS) is 1. The molecule has 0 saturated heterocycles. The first kappa shape index (κ1) is 13.1. The van der Waals surface area contributed by atoms with Gasteiger partial charge < -0.3 is 10.4 Å². The number of carboxylic acids is 1. The van der Waals surface area contributed by atoms with Gasteiger partial charge in [-0.3, -0.25) is 0 Å². The standard InChI is InChI=1S/C12H11ClN2O2/c1-8(4-12(16)17)7-15-11-3-2-9(6-14)5-10(11)13/h2-5,15H,7H2,1H3,(H,16,17)/b8-4-. The van der Waals surface area contributed by atoms with Crippen LogP contribution in [0.15, 0.2) is 29.8 Å². The molecule has 0 radical (unpaired) electrons. The minimum Gasteiger partial charge on any atom is -0.478 e. The van der Waals surface area contributed by atoms with Gasteiger partial charge in [0.15, 0.2) is 0 Å². The highest BCUT2D eigenvalue weighted by molar-refractivity contribution is 6.33. The fraction of sp³-hybridized carbons (Fsp3) is 0.167. The number of nitrogens with one attached hydrogen (secondary N) is 1. The van der Waals surface area contributed by atoms with E-state index in [1.54, 1.807) is 25.1 Å². The molecule has 1 aromatic carbocycles. The second-order valence-corrected chi connectivity index (χ2v) is 3.90. The Hall–Kier alpha value is -1.99. The lowest BCUT2D eigenvalue weighted by atomic mass is 10.2. The molecule has 5 heteroatoms. The normalized spacial score (nSPS) is 10.8. The summed E-state index contributed by atoms with van der Waals surface area (Å²) in [5.74, 6) is -0.977. The Morgan fingerprint density at radius 3 is 2.88 bits per heavy atom. The zero-order chi connectivity index (χ0) is 12.8. The summed E-state index contributed by atoms with van der Waals surface area (Å²) in [6, 6.07) is 6.87. The van der Waals surface area contributed by atoms with E-state index < -0.39 is 5.97 Å². The van der Waals surface area contributed by atoms with Crippen molar-refractivity contribution < 1.29 is 9.90 Å². The molecule has 0 unspecified atom stereocenters. The number of carbonyl (C=O) groups is 1. The molecule has 17 heavy (non-hydrogen) atoms. The van der Waals surface area contributed by atoms with Crippen molar-refractivity contribution in [1.29, 1.82) is 5.26 Å². The molecule has 1 rings (SSSR count). The molecule has 0 spiro atoms. The van der Waals surface area contributed by atoms with E-state index in [0.29, 0.717) is 28.4 Å². The molecule has 4 nitrogen and oxygen atoms in total. The van der Waals surface area contributed by atoms with Crippen molar-refractivity contribution in [3.63, 3.8) is 0 Å². The SMILES string of the molecule is C/C(=C/C(=O)O)CNc1ccc(C#N)cc1Cl. The Morgan fingerprint density at radius 2 is 2.35 bits per heavy atom. The first-order valence-electron chi connectivity index (χ1n) is 4.86. The zero-order valence-electron chi connectivity index (χ0n) is 9.20. The van der Waals surface area contributed by atoms with Crippen LogP contribution >= 0.6 is 11.6 Å². The Labute approximate surface area is 104 Å². The number of halogens is 1. The van der Waals surface area contributed by atoms with Crippen molar-refractivity contribution in [3.8, 4) is 6.07 Å². The minimum atomic E-state index is -0.977. The van der Waals surface area contributed by atoms with E-state index in [-0.39, 0.29) is 0 Å². The van der Waals surface area contributed by atoms with Gasteiger partial charge in [0.1, 0.15) is 0 Å². The van der Waals surface area contributed by atoms with Crippen LogP contribution in [0.4, 0.5) is 5.69 Å². The van der Waals surface area contributed by atoms with Gasteiger partial charge in [0.25, 0.3) is 0 Å². The molecule has 0 aliphatic heterocycles. The second-order valence-electron chi connectivity index (χ2n) is 3.49. The molecular weight excluding hydrogens is 240 g/mol. The van der Waals surface area contributed by atoms with Crippen LogP contribution in [0.1, 0.15) is 12.5 Å². The fourth-order valence-electron chi connectivity index (χ4n) is 1.22. The van der Waals surface area contributed by atoms with Gasteiger partial charge in [-0.1, -0.05) is 11.6 Å². The monoisotopic (exact) mass is 250 g/mol. The smallest absolute Gasteiger partial charge is 0.328 e. The quantitative estimate of drug-likeness (QED) is 0.806. The molecule has 2 N–H and O–H groups in total. The molecule has 0 aromatic heterocycles. The van der Waals surface area contributed by atoms with Crippen LogP contribution in [-0.2, 0) is 4.79 Å². The van der Waals surface area contributed by atoms with Gasteiger partial charge in [-0.15, -0.1) is 0 Å². The molecular formula is C12H11ClN2O2. The summed E-state index contributed by atoms with van der Waals surface area (Å²) in [6.45, 7) is 2.09. The molecule has 0 bridgehead atoms. The van der Waals surface area contributed by atoms with Gasteiger partial charge in [0.2, 0.25) is 0 Å². The van der Waals surface area contributed by atoms with Gasteiger partial charge in [-0.25, -0.2) is 4.79 Å². The lowest BCUT2D eigenvalue weighted by molar-refractivity contribution is -0.131. The molecule has 0 amide bonds. The van der Waals surface area contributed by atoms with E-state index in [1.165, 1.54) is 0 Å². The lowest BCUT2D eigenvalue weighted by Crippen LogP contribution is -2.05. The van der Waals surface area contributed by atoms with Crippen molar-refractivity contribution in [1.82, 2.24) is 0 Å². The zero-order valence-corrected chi connectivity index (χ0v) is 9.95. The number of aliphatic carboxylic acids is 1. The first-order valence-corrected chi connectivity index (χ1v) is 5.24. The van der Waals surface area contributed by atoms with Crippen molar-refractivity contribution in [3.05, 3.63) is 40.4 Å². The molecule has 0 saturated carbocycles. The van der Waals surface area contributed by atoms with Gasteiger partial charge in [-0.2, -0.15) is 5.26 Å². The molecule has 0 fully saturated rings. The van der Waals surface area contributed by atoms with Gasteiger partial charge in [0, 0.05) is 12.6 Å². The lowest BCUT2D eigenvalue weighted by Gasteiger charge is -2.08. The molecule has 0 atom stereocenters. The molecule has 0 aliphatic carbocycles. The van der Waals surface area contributed by atoms with Crippen LogP contribution in [0, 0.1) is 11.3 Å². The number of benzene rings is 1. The summed E-state index contributed by atoms with van der Waals surface area (Å²) in [6.07, 6.45) is 1.13. The van der Waals surface area contributed by atoms with Crippen LogP contribution in [0.25, 0.3) is 0 Å². The van der Waals surface area contributed by atoms with Crippen LogP contribution < -0.4 is 5.32 Å². The minimum absolute atomic E-state index is 0.387. The van der Waals surface area contributed by atoms with E-state index in [4.69, 9.17) is 22.0 Å². The Balaban J connectivity index is 2.71. The predicted octanol–water partition coefficient (Wildman–Crippen LogP) is 2.65. The number of nitriles is 1. The highest BCUT2D eigenvalue weighted by Crippen LogP contribution is 2.22. The fourth-order valence-corrected chi connectivity index (χ4v) is 1.47. The summed E-state index contributed by atoms with van der Waals surface area (Å²) < 4.78 is 0. The van der Waals surface area contributed by atoms with Crippen molar-refractivity contribution >= 4 is 23.3 Å². The van der Waals surface area contributed by atoms with E-state index >= 15 is 0 Å². The Kier molecular flexibility index (Phi) is 4.56. The average Bonchev–Trinajstić information content (AvgIpc) is 2.26. The summed E-state index contributed by atoms with van der Waals surface area (Å²) in [5.41, 5.74) is 1.83. The largest absolute Gasteiger partial charge is 0.478 e. The van der Waals surface area contributed by atoms with Crippen LogP contribution in [-0.4, -0.2) is 17.6 Å². The summed E-state index contributed by atoms with van der Waals surface area (Å²) in [7, 11) is 0. The van der Waals surface area contributed by atoms with Crippen LogP contribution in [0.5, 0.6) is 0 Å².